The van der Waals surface area contributed by atoms with E-state index in [0.717, 1.165) is 41.9 Å². The quantitative estimate of drug-likeness (QED) is 0.427. The number of carbonyl (C=O) groups excluding carboxylic acids is 1. The number of fused-ring (bicyclic) bond motifs is 5. The fourth-order valence-corrected chi connectivity index (χ4v) is 9.76. The van der Waals surface area contributed by atoms with Crippen molar-refractivity contribution in [1.82, 2.24) is 0 Å². The summed E-state index contributed by atoms with van der Waals surface area (Å²) in [6, 6.07) is 0. The number of rotatable bonds is 6. The number of hydrogen-bond acceptors (Lipinski definition) is 1. The van der Waals surface area contributed by atoms with Crippen LogP contribution in [0.1, 0.15) is 119 Å². The molecule has 4 aliphatic carbocycles. The SMILES string of the molecule is CC[C@H](CC[C@@H](C)[C@H]1CC[C@H]2[C@@H]3CC(=O)[C@H]4CCCC[C@]4(C)[C@H]3CC[C@]12C)C(C)C. The van der Waals surface area contributed by atoms with Crippen LogP contribution in [0, 0.1) is 58.2 Å². The molecule has 9 atom stereocenters. The van der Waals surface area contributed by atoms with Crippen molar-refractivity contribution in [2.75, 3.05) is 0 Å². The van der Waals surface area contributed by atoms with Crippen LogP contribution in [-0.2, 0) is 4.79 Å². The summed E-state index contributed by atoms with van der Waals surface area (Å²) >= 11 is 0. The van der Waals surface area contributed by atoms with Gasteiger partial charge in [0.1, 0.15) is 5.78 Å². The molecule has 30 heavy (non-hydrogen) atoms. The van der Waals surface area contributed by atoms with E-state index >= 15 is 0 Å². The molecule has 0 bridgehead atoms. The molecule has 4 rings (SSSR count). The summed E-state index contributed by atoms with van der Waals surface area (Å²) in [6.45, 7) is 14.9. The first-order valence-corrected chi connectivity index (χ1v) is 13.7. The smallest absolute Gasteiger partial charge is 0.136 e. The highest BCUT2D eigenvalue weighted by Gasteiger charge is 2.61. The predicted octanol–water partition coefficient (Wildman–Crippen LogP) is 8.31. The number of hydrogen-bond donors (Lipinski definition) is 0. The first-order valence-electron chi connectivity index (χ1n) is 13.7. The summed E-state index contributed by atoms with van der Waals surface area (Å²) in [4.78, 5) is 13.3. The van der Waals surface area contributed by atoms with Crippen molar-refractivity contribution in [2.24, 2.45) is 58.2 Å². The Labute approximate surface area is 187 Å². The number of Topliss-reactive ketones (excluding diaryl/α,β-unsaturated/α-hetero) is 1. The van der Waals surface area contributed by atoms with Crippen LogP contribution in [0.3, 0.4) is 0 Å². The minimum Gasteiger partial charge on any atom is -0.299 e. The third-order valence-corrected chi connectivity index (χ3v) is 11.6. The molecule has 0 radical (unpaired) electrons. The Kier molecular flexibility index (Phi) is 6.51. The fraction of sp³-hybridized carbons (Fsp3) is 0.966. The van der Waals surface area contributed by atoms with E-state index < -0.39 is 0 Å². The topological polar surface area (TPSA) is 17.1 Å². The van der Waals surface area contributed by atoms with Gasteiger partial charge in [0, 0.05) is 12.3 Å². The van der Waals surface area contributed by atoms with Crippen molar-refractivity contribution in [2.45, 2.75) is 119 Å². The maximum absolute atomic E-state index is 13.3. The second kappa shape index (κ2) is 8.55. The Morgan fingerprint density at radius 2 is 1.63 bits per heavy atom. The lowest BCUT2D eigenvalue weighted by Gasteiger charge is -2.60. The average Bonchev–Trinajstić information content (AvgIpc) is 3.05. The zero-order valence-corrected chi connectivity index (χ0v) is 21.0. The molecule has 0 heterocycles. The van der Waals surface area contributed by atoms with E-state index in [1.807, 2.05) is 0 Å². The fourth-order valence-electron chi connectivity index (χ4n) is 9.76. The lowest BCUT2D eigenvalue weighted by Crippen LogP contribution is -2.56. The van der Waals surface area contributed by atoms with E-state index in [4.69, 9.17) is 0 Å². The van der Waals surface area contributed by atoms with E-state index in [1.165, 1.54) is 70.6 Å². The van der Waals surface area contributed by atoms with Gasteiger partial charge in [0.25, 0.3) is 0 Å². The van der Waals surface area contributed by atoms with Gasteiger partial charge in [-0.25, -0.2) is 0 Å². The molecular weight excluding hydrogens is 364 g/mol. The minimum absolute atomic E-state index is 0.328. The lowest BCUT2D eigenvalue weighted by atomic mass is 9.44. The first kappa shape index (κ1) is 22.8. The van der Waals surface area contributed by atoms with Gasteiger partial charge in [-0.05, 0) is 97.2 Å². The molecule has 0 saturated heterocycles. The molecule has 1 heteroatoms. The standard InChI is InChI=1S/C29H50O/c1-7-21(19(2)3)12-11-20(4)23-13-14-24-22-18-27(30)26-10-8-9-16-28(26,5)25(22)15-17-29(23,24)6/h19-26H,7-18H2,1-6H3/t20-,21-,22+,23-,24+,25+,26-,28-,29-/m1/s1. The molecule has 4 aliphatic rings. The van der Waals surface area contributed by atoms with Crippen molar-refractivity contribution in [3.8, 4) is 0 Å². The van der Waals surface area contributed by atoms with Gasteiger partial charge in [-0.15, -0.1) is 0 Å². The van der Waals surface area contributed by atoms with Crippen LogP contribution in [0.2, 0.25) is 0 Å². The van der Waals surface area contributed by atoms with Crippen molar-refractivity contribution in [3.05, 3.63) is 0 Å². The molecule has 0 spiro atoms. The van der Waals surface area contributed by atoms with Crippen LogP contribution in [0.25, 0.3) is 0 Å². The van der Waals surface area contributed by atoms with Gasteiger partial charge in [0.2, 0.25) is 0 Å². The lowest BCUT2D eigenvalue weighted by molar-refractivity contribution is -0.154. The van der Waals surface area contributed by atoms with Crippen molar-refractivity contribution in [1.29, 1.82) is 0 Å². The largest absolute Gasteiger partial charge is 0.299 e. The Morgan fingerprint density at radius 1 is 0.900 bits per heavy atom. The molecule has 1 nitrogen and oxygen atoms in total. The van der Waals surface area contributed by atoms with Gasteiger partial charge in [0.05, 0.1) is 0 Å². The van der Waals surface area contributed by atoms with E-state index in [1.54, 1.807) is 0 Å². The molecule has 172 valence electrons. The highest BCUT2D eigenvalue weighted by Crippen LogP contribution is 2.67. The van der Waals surface area contributed by atoms with Crippen LogP contribution in [0.5, 0.6) is 0 Å². The summed E-state index contributed by atoms with van der Waals surface area (Å²) in [5.74, 6) is 6.86. The summed E-state index contributed by atoms with van der Waals surface area (Å²) in [5.41, 5.74) is 0.827. The Hall–Kier alpha value is -0.330. The van der Waals surface area contributed by atoms with Crippen LogP contribution in [0.15, 0.2) is 0 Å². The Balaban J connectivity index is 1.49. The van der Waals surface area contributed by atoms with Gasteiger partial charge in [-0.3, -0.25) is 4.79 Å². The van der Waals surface area contributed by atoms with E-state index in [-0.39, 0.29) is 0 Å². The number of carbonyl (C=O) groups is 1. The second-order valence-electron chi connectivity index (χ2n) is 13.0. The van der Waals surface area contributed by atoms with Crippen LogP contribution < -0.4 is 0 Å². The van der Waals surface area contributed by atoms with Gasteiger partial charge in [-0.1, -0.05) is 67.2 Å². The molecule has 0 unspecified atom stereocenters. The van der Waals surface area contributed by atoms with Crippen LogP contribution >= 0.6 is 0 Å². The highest BCUT2D eigenvalue weighted by molar-refractivity contribution is 5.83. The van der Waals surface area contributed by atoms with Gasteiger partial charge >= 0.3 is 0 Å². The van der Waals surface area contributed by atoms with E-state index in [2.05, 4.69) is 41.5 Å². The maximum Gasteiger partial charge on any atom is 0.136 e. The molecule has 0 aromatic carbocycles. The van der Waals surface area contributed by atoms with Crippen molar-refractivity contribution < 1.29 is 4.79 Å². The van der Waals surface area contributed by atoms with E-state index in [9.17, 15) is 4.79 Å². The predicted molar refractivity (Wildman–Crippen MR) is 127 cm³/mol. The van der Waals surface area contributed by atoms with Gasteiger partial charge < -0.3 is 0 Å². The number of ketones is 1. The summed E-state index contributed by atoms with van der Waals surface area (Å²) in [5, 5.41) is 0. The van der Waals surface area contributed by atoms with Crippen LogP contribution in [0.4, 0.5) is 0 Å². The van der Waals surface area contributed by atoms with Crippen LogP contribution in [-0.4, -0.2) is 5.78 Å². The van der Waals surface area contributed by atoms with Gasteiger partial charge in [0.15, 0.2) is 0 Å². The maximum atomic E-state index is 13.3. The second-order valence-corrected chi connectivity index (χ2v) is 13.0. The molecule has 4 fully saturated rings. The Bertz CT molecular complexity index is 622. The zero-order valence-electron chi connectivity index (χ0n) is 21.0. The summed E-state index contributed by atoms with van der Waals surface area (Å²) < 4.78 is 0. The minimum atomic E-state index is 0.328. The van der Waals surface area contributed by atoms with Gasteiger partial charge in [-0.2, -0.15) is 0 Å². The monoisotopic (exact) mass is 414 g/mol. The van der Waals surface area contributed by atoms with Crippen molar-refractivity contribution >= 4 is 5.78 Å². The molecule has 0 aromatic heterocycles. The third kappa shape index (κ3) is 3.63. The molecule has 0 amide bonds. The zero-order chi connectivity index (χ0) is 21.7. The normalized spacial score (nSPS) is 45.6. The molecule has 0 aliphatic heterocycles. The Morgan fingerprint density at radius 3 is 2.33 bits per heavy atom. The summed E-state index contributed by atoms with van der Waals surface area (Å²) in [7, 11) is 0. The first-order chi connectivity index (χ1) is 14.2. The molecule has 0 aromatic rings. The third-order valence-electron chi connectivity index (χ3n) is 11.6. The van der Waals surface area contributed by atoms with Crippen molar-refractivity contribution in [3.63, 3.8) is 0 Å². The molecule has 4 saturated carbocycles. The summed E-state index contributed by atoms with van der Waals surface area (Å²) in [6.07, 6.45) is 15.9. The van der Waals surface area contributed by atoms with E-state index in [0.29, 0.717) is 28.4 Å². The average molecular weight is 415 g/mol. The molecular formula is C29H50O. The highest BCUT2D eigenvalue weighted by atomic mass is 16.1. The molecule has 0 N–H and O–H groups in total.